The highest BCUT2D eigenvalue weighted by molar-refractivity contribution is 6.01. The number of carbonyl (C=O) groups is 1. The number of aryl methyl sites for hydroxylation is 1. The van der Waals surface area contributed by atoms with E-state index >= 15 is 0 Å². The molecular weight excluding hydrogens is 412 g/mol. The first kappa shape index (κ1) is 20.4. The number of imidazole rings is 1. The molecule has 0 fully saturated rings. The molecule has 162 valence electrons. The number of hydrogen-bond acceptors (Lipinski definition) is 4. The molecule has 0 saturated carbocycles. The number of carbonyl (C=O) groups excluding carboxylic acids is 1. The first-order valence-corrected chi connectivity index (χ1v) is 10.6. The molecule has 7 heteroatoms. The third-order valence-electron chi connectivity index (χ3n) is 5.33. The number of para-hydroxylation sites is 1. The van der Waals surface area contributed by atoms with E-state index in [0.717, 1.165) is 29.2 Å². The van der Waals surface area contributed by atoms with Gasteiger partial charge in [-0.3, -0.25) is 4.79 Å². The molecule has 0 atom stereocenters. The average molecular weight is 435 g/mol. The molecule has 0 spiro atoms. The first-order chi connectivity index (χ1) is 16.2. The van der Waals surface area contributed by atoms with Crippen molar-refractivity contribution in [3.8, 4) is 17.1 Å². The molecule has 0 radical (unpaired) electrons. The van der Waals surface area contributed by atoms with Gasteiger partial charge in [-0.15, -0.1) is 5.10 Å². The van der Waals surface area contributed by atoms with Crippen molar-refractivity contribution in [3.63, 3.8) is 0 Å². The molecule has 7 nitrogen and oxygen atoms in total. The molecule has 0 aliphatic heterocycles. The highest BCUT2D eigenvalue weighted by Crippen LogP contribution is 2.21. The predicted octanol–water partition coefficient (Wildman–Crippen LogP) is 4.74. The molecule has 33 heavy (non-hydrogen) atoms. The van der Waals surface area contributed by atoms with Crippen molar-refractivity contribution in [3.05, 3.63) is 115 Å². The third kappa shape index (κ3) is 4.43. The molecule has 0 aliphatic rings. The summed E-state index contributed by atoms with van der Waals surface area (Å²) in [7, 11) is 0. The van der Waals surface area contributed by atoms with Gasteiger partial charge in [0.05, 0.1) is 5.69 Å². The number of benzene rings is 3. The standard InChI is InChI=1S/C26H22N6O/c1-19-27-16-17-31(19)18-20-12-14-22(15-13-20)28-26(33)24-29-25(21-8-4-2-5-9-21)32(30-24)23-10-6-3-7-11-23/h2-17H,18H2,1H3,(H,28,33). The summed E-state index contributed by atoms with van der Waals surface area (Å²) in [6, 6.07) is 27.1. The van der Waals surface area contributed by atoms with Crippen LogP contribution in [0.2, 0.25) is 0 Å². The Morgan fingerprint density at radius 1 is 0.909 bits per heavy atom. The molecule has 1 N–H and O–H groups in total. The van der Waals surface area contributed by atoms with Gasteiger partial charge < -0.3 is 9.88 Å². The molecule has 0 unspecified atom stereocenters. The number of anilines is 1. The van der Waals surface area contributed by atoms with Gasteiger partial charge in [0.25, 0.3) is 5.91 Å². The van der Waals surface area contributed by atoms with Gasteiger partial charge in [0.2, 0.25) is 5.82 Å². The second-order valence-electron chi connectivity index (χ2n) is 7.63. The second-order valence-corrected chi connectivity index (χ2v) is 7.63. The van der Waals surface area contributed by atoms with Gasteiger partial charge in [-0.05, 0) is 36.8 Å². The highest BCUT2D eigenvalue weighted by atomic mass is 16.2. The molecule has 0 bridgehead atoms. The van der Waals surface area contributed by atoms with Crippen molar-refractivity contribution < 1.29 is 4.79 Å². The van der Waals surface area contributed by atoms with Crippen LogP contribution in [-0.4, -0.2) is 30.2 Å². The van der Waals surface area contributed by atoms with Crippen LogP contribution in [0.25, 0.3) is 17.1 Å². The van der Waals surface area contributed by atoms with Crippen LogP contribution in [0.4, 0.5) is 5.69 Å². The van der Waals surface area contributed by atoms with E-state index in [0.29, 0.717) is 11.5 Å². The summed E-state index contributed by atoms with van der Waals surface area (Å²) in [5, 5.41) is 7.42. The Hall–Kier alpha value is -4.52. The van der Waals surface area contributed by atoms with E-state index < -0.39 is 0 Å². The van der Waals surface area contributed by atoms with Crippen LogP contribution < -0.4 is 5.32 Å². The van der Waals surface area contributed by atoms with E-state index in [2.05, 4.69) is 25.0 Å². The van der Waals surface area contributed by atoms with Crippen LogP contribution in [0, 0.1) is 6.92 Å². The maximum atomic E-state index is 13.0. The van der Waals surface area contributed by atoms with Crippen molar-refractivity contribution in [1.82, 2.24) is 24.3 Å². The Bertz CT molecular complexity index is 1310. The minimum atomic E-state index is -0.361. The van der Waals surface area contributed by atoms with E-state index in [1.54, 1.807) is 10.9 Å². The number of nitrogens with zero attached hydrogens (tertiary/aromatic N) is 5. The summed E-state index contributed by atoms with van der Waals surface area (Å²) in [6.07, 6.45) is 3.74. The molecular formula is C26H22N6O. The zero-order chi connectivity index (χ0) is 22.6. The number of nitrogens with one attached hydrogen (secondary N) is 1. The molecule has 3 aromatic carbocycles. The number of amides is 1. The van der Waals surface area contributed by atoms with Gasteiger partial charge in [-0.2, -0.15) is 0 Å². The Balaban J connectivity index is 1.38. The zero-order valence-electron chi connectivity index (χ0n) is 18.1. The second kappa shape index (κ2) is 8.92. The van der Waals surface area contributed by atoms with Crippen LogP contribution in [0.15, 0.2) is 97.3 Å². The molecule has 5 aromatic rings. The number of hydrogen-bond donors (Lipinski definition) is 1. The fraction of sp³-hybridized carbons (Fsp3) is 0.0769. The van der Waals surface area contributed by atoms with E-state index in [-0.39, 0.29) is 11.7 Å². The molecule has 2 heterocycles. The Morgan fingerprint density at radius 3 is 2.27 bits per heavy atom. The minimum absolute atomic E-state index is 0.107. The molecule has 0 aliphatic carbocycles. The van der Waals surface area contributed by atoms with Gasteiger partial charge in [-0.1, -0.05) is 60.7 Å². The van der Waals surface area contributed by atoms with Crippen LogP contribution in [0.3, 0.4) is 0 Å². The summed E-state index contributed by atoms with van der Waals surface area (Å²) >= 11 is 0. The summed E-state index contributed by atoms with van der Waals surface area (Å²) in [5.74, 6) is 1.32. The van der Waals surface area contributed by atoms with E-state index in [1.807, 2.05) is 98.0 Å². The highest BCUT2D eigenvalue weighted by Gasteiger charge is 2.19. The van der Waals surface area contributed by atoms with Crippen molar-refractivity contribution >= 4 is 11.6 Å². The Kier molecular flexibility index (Phi) is 5.51. The fourth-order valence-electron chi connectivity index (χ4n) is 3.58. The smallest absolute Gasteiger partial charge is 0.295 e. The molecule has 2 aromatic heterocycles. The number of rotatable bonds is 6. The van der Waals surface area contributed by atoms with Crippen LogP contribution in [0.1, 0.15) is 22.0 Å². The predicted molar refractivity (Wildman–Crippen MR) is 127 cm³/mol. The maximum absolute atomic E-state index is 13.0. The molecule has 1 amide bonds. The van der Waals surface area contributed by atoms with Gasteiger partial charge in [0, 0.05) is 30.2 Å². The maximum Gasteiger partial charge on any atom is 0.295 e. The lowest BCUT2D eigenvalue weighted by Gasteiger charge is -2.07. The number of aromatic nitrogens is 5. The normalized spacial score (nSPS) is 10.8. The van der Waals surface area contributed by atoms with Gasteiger partial charge >= 0.3 is 0 Å². The third-order valence-corrected chi connectivity index (χ3v) is 5.33. The lowest BCUT2D eigenvalue weighted by molar-refractivity contribution is 0.101. The zero-order valence-corrected chi connectivity index (χ0v) is 18.1. The van der Waals surface area contributed by atoms with Crippen molar-refractivity contribution in [2.45, 2.75) is 13.5 Å². The monoisotopic (exact) mass is 434 g/mol. The van der Waals surface area contributed by atoms with Crippen molar-refractivity contribution in [2.75, 3.05) is 5.32 Å². The summed E-state index contributed by atoms with van der Waals surface area (Å²) < 4.78 is 3.76. The van der Waals surface area contributed by atoms with Crippen LogP contribution >= 0.6 is 0 Å². The molecule has 0 saturated heterocycles. The minimum Gasteiger partial charge on any atom is -0.331 e. The van der Waals surface area contributed by atoms with Gasteiger partial charge in [0.15, 0.2) is 5.82 Å². The lowest BCUT2D eigenvalue weighted by atomic mass is 10.2. The molecule has 5 rings (SSSR count). The van der Waals surface area contributed by atoms with E-state index in [9.17, 15) is 4.79 Å². The first-order valence-electron chi connectivity index (χ1n) is 10.6. The summed E-state index contributed by atoms with van der Waals surface area (Å²) in [6.45, 7) is 2.70. The lowest BCUT2D eigenvalue weighted by Crippen LogP contribution is -2.14. The fourth-order valence-corrected chi connectivity index (χ4v) is 3.58. The van der Waals surface area contributed by atoms with Crippen LogP contribution in [-0.2, 0) is 6.54 Å². The topological polar surface area (TPSA) is 77.6 Å². The average Bonchev–Trinajstić information content (AvgIpc) is 3.48. The van der Waals surface area contributed by atoms with Gasteiger partial charge in [-0.25, -0.2) is 14.6 Å². The Labute approximate surface area is 191 Å². The largest absolute Gasteiger partial charge is 0.331 e. The Morgan fingerprint density at radius 2 is 1.61 bits per heavy atom. The summed E-state index contributed by atoms with van der Waals surface area (Å²) in [4.78, 5) is 21.8. The van der Waals surface area contributed by atoms with E-state index in [4.69, 9.17) is 0 Å². The van der Waals surface area contributed by atoms with E-state index in [1.165, 1.54) is 0 Å². The SMILES string of the molecule is Cc1nccn1Cc1ccc(NC(=O)c2nc(-c3ccccc3)n(-c3ccccc3)n2)cc1. The van der Waals surface area contributed by atoms with Crippen LogP contribution in [0.5, 0.6) is 0 Å². The quantitative estimate of drug-likeness (QED) is 0.419. The van der Waals surface area contributed by atoms with Crippen molar-refractivity contribution in [2.24, 2.45) is 0 Å². The van der Waals surface area contributed by atoms with Crippen molar-refractivity contribution in [1.29, 1.82) is 0 Å². The summed E-state index contributed by atoms with van der Waals surface area (Å²) in [5.41, 5.74) is 3.52. The van der Waals surface area contributed by atoms with Gasteiger partial charge in [0.1, 0.15) is 5.82 Å².